The molecule has 0 bridgehead atoms. The first-order valence-electron chi connectivity index (χ1n) is 9.40. The summed E-state index contributed by atoms with van der Waals surface area (Å²) < 4.78 is 7.47. The van der Waals surface area contributed by atoms with E-state index in [2.05, 4.69) is 39.0 Å². The first-order valence-corrected chi connectivity index (χ1v) is 9.40. The van der Waals surface area contributed by atoms with E-state index in [0.717, 1.165) is 33.9 Å². The van der Waals surface area contributed by atoms with Gasteiger partial charge in [-0.25, -0.2) is 9.78 Å². The zero-order valence-electron chi connectivity index (χ0n) is 16.6. The molecule has 2 aromatic carbocycles. The van der Waals surface area contributed by atoms with Crippen molar-refractivity contribution in [1.29, 1.82) is 0 Å². The van der Waals surface area contributed by atoms with Crippen LogP contribution in [0.2, 0.25) is 0 Å². The molecule has 6 heteroatoms. The Morgan fingerprint density at radius 2 is 1.89 bits per heavy atom. The molecule has 1 atom stereocenters. The first kappa shape index (κ1) is 18.1. The Morgan fingerprint density at radius 3 is 2.57 bits per heavy atom. The summed E-state index contributed by atoms with van der Waals surface area (Å²) in [4.78, 5) is 19.6. The van der Waals surface area contributed by atoms with Gasteiger partial charge in [-0.2, -0.15) is 0 Å². The fourth-order valence-corrected chi connectivity index (χ4v) is 3.71. The molecule has 1 aliphatic heterocycles. The van der Waals surface area contributed by atoms with E-state index < -0.39 is 0 Å². The quantitative estimate of drug-likeness (QED) is 0.699. The number of esters is 1. The van der Waals surface area contributed by atoms with Gasteiger partial charge >= 0.3 is 5.97 Å². The molecular weight excluding hydrogens is 352 g/mol. The molecule has 0 fully saturated rings. The number of carbonyl (C=O) groups excluding carboxylic acids is 1. The van der Waals surface area contributed by atoms with Gasteiger partial charge in [-0.3, -0.25) is 4.57 Å². The molecule has 1 aromatic heterocycles. The van der Waals surface area contributed by atoms with Gasteiger partial charge in [0.05, 0.1) is 29.3 Å². The third-order valence-corrected chi connectivity index (χ3v) is 5.05. The van der Waals surface area contributed by atoms with E-state index in [1.54, 1.807) is 0 Å². The van der Waals surface area contributed by atoms with E-state index in [4.69, 9.17) is 9.72 Å². The Bertz CT molecular complexity index is 1060. The molecule has 0 unspecified atom stereocenters. The SMILES string of the molecule is CCOC(=O)C1=C(C)Nc2nc3ccccc3n2[C@@H]1c1ccc(N(C)C)cc1. The summed E-state index contributed by atoms with van der Waals surface area (Å²) in [6, 6.07) is 15.9. The Morgan fingerprint density at radius 1 is 1.18 bits per heavy atom. The summed E-state index contributed by atoms with van der Waals surface area (Å²) in [7, 11) is 4.02. The van der Waals surface area contributed by atoms with Gasteiger partial charge in [-0.05, 0) is 43.7 Å². The monoisotopic (exact) mass is 376 g/mol. The molecule has 3 aromatic rings. The number of benzene rings is 2. The molecular formula is C22H24N4O2. The second kappa shape index (κ2) is 7.03. The second-order valence-corrected chi connectivity index (χ2v) is 7.07. The molecule has 28 heavy (non-hydrogen) atoms. The number of nitrogens with zero attached hydrogens (tertiary/aromatic N) is 3. The number of hydrogen-bond donors (Lipinski definition) is 1. The number of hydrogen-bond acceptors (Lipinski definition) is 5. The van der Waals surface area contributed by atoms with Gasteiger partial charge in [0.25, 0.3) is 0 Å². The van der Waals surface area contributed by atoms with E-state index in [-0.39, 0.29) is 12.0 Å². The van der Waals surface area contributed by atoms with Crippen molar-refractivity contribution in [3.05, 3.63) is 65.4 Å². The highest BCUT2D eigenvalue weighted by atomic mass is 16.5. The van der Waals surface area contributed by atoms with Crippen molar-refractivity contribution in [1.82, 2.24) is 9.55 Å². The van der Waals surface area contributed by atoms with Gasteiger partial charge in [0, 0.05) is 25.5 Å². The van der Waals surface area contributed by atoms with Crippen molar-refractivity contribution in [2.75, 3.05) is 30.9 Å². The molecule has 4 rings (SSSR count). The van der Waals surface area contributed by atoms with Crippen LogP contribution in [0.1, 0.15) is 25.5 Å². The van der Waals surface area contributed by atoms with Gasteiger partial charge in [0.15, 0.2) is 0 Å². The fourth-order valence-electron chi connectivity index (χ4n) is 3.71. The lowest BCUT2D eigenvalue weighted by Gasteiger charge is -2.30. The number of imidazole rings is 1. The second-order valence-electron chi connectivity index (χ2n) is 7.07. The lowest BCUT2D eigenvalue weighted by atomic mass is 9.95. The van der Waals surface area contributed by atoms with Gasteiger partial charge in [-0.15, -0.1) is 0 Å². The third-order valence-electron chi connectivity index (χ3n) is 5.05. The molecule has 0 spiro atoms. The molecule has 1 aliphatic rings. The molecule has 0 radical (unpaired) electrons. The minimum absolute atomic E-state index is 0.307. The number of nitrogens with one attached hydrogen (secondary N) is 1. The Balaban J connectivity index is 1.93. The topological polar surface area (TPSA) is 59.4 Å². The van der Waals surface area contributed by atoms with Crippen LogP contribution in [0.4, 0.5) is 11.6 Å². The summed E-state index contributed by atoms with van der Waals surface area (Å²) >= 11 is 0. The highest BCUT2D eigenvalue weighted by molar-refractivity contribution is 5.94. The fraction of sp³-hybridized carbons (Fsp3) is 0.273. The highest BCUT2D eigenvalue weighted by Gasteiger charge is 2.34. The number of para-hydroxylation sites is 2. The van der Waals surface area contributed by atoms with Crippen molar-refractivity contribution < 1.29 is 9.53 Å². The summed E-state index contributed by atoms with van der Waals surface area (Å²) in [6.45, 7) is 4.05. The number of ether oxygens (including phenoxy) is 1. The zero-order valence-corrected chi connectivity index (χ0v) is 16.6. The first-order chi connectivity index (χ1) is 13.5. The smallest absolute Gasteiger partial charge is 0.338 e. The Kier molecular flexibility index (Phi) is 4.55. The summed E-state index contributed by atoms with van der Waals surface area (Å²) in [5.41, 5.74) is 5.35. The predicted octanol–water partition coefficient (Wildman–Crippen LogP) is 3.95. The van der Waals surface area contributed by atoms with Crippen LogP contribution in [-0.2, 0) is 9.53 Å². The van der Waals surface area contributed by atoms with E-state index in [1.807, 2.05) is 52.2 Å². The average Bonchev–Trinajstić information content (AvgIpc) is 3.05. The summed E-state index contributed by atoms with van der Waals surface area (Å²) in [5.74, 6) is 0.422. The van der Waals surface area contributed by atoms with E-state index in [0.29, 0.717) is 12.2 Å². The van der Waals surface area contributed by atoms with Crippen molar-refractivity contribution in [3.63, 3.8) is 0 Å². The van der Waals surface area contributed by atoms with E-state index in [9.17, 15) is 4.79 Å². The largest absolute Gasteiger partial charge is 0.463 e. The number of anilines is 2. The minimum atomic E-state index is -0.308. The lowest BCUT2D eigenvalue weighted by molar-refractivity contribution is -0.139. The summed E-state index contributed by atoms with van der Waals surface area (Å²) in [6.07, 6.45) is 0. The van der Waals surface area contributed by atoms with Crippen molar-refractivity contribution >= 4 is 28.6 Å². The van der Waals surface area contributed by atoms with Crippen LogP contribution in [0.3, 0.4) is 0 Å². The number of allylic oxidation sites excluding steroid dienone is 1. The number of carbonyl (C=O) groups is 1. The van der Waals surface area contributed by atoms with Crippen molar-refractivity contribution in [2.45, 2.75) is 19.9 Å². The number of rotatable bonds is 4. The molecule has 0 saturated carbocycles. The lowest BCUT2D eigenvalue weighted by Crippen LogP contribution is -2.29. The molecule has 2 heterocycles. The van der Waals surface area contributed by atoms with Crippen molar-refractivity contribution in [3.8, 4) is 0 Å². The van der Waals surface area contributed by atoms with Crippen LogP contribution >= 0.6 is 0 Å². The average molecular weight is 376 g/mol. The Hall–Kier alpha value is -3.28. The van der Waals surface area contributed by atoms with Crippen LogP contribution in [-0.4, -0.2) is 36.2 Å². The van der Waals surface area contributed by atoms with E-state index >= 15 is 0 Å². The molecule has 0 aliphatic carbocycles. The minimum Gasteiger partial charge on any atom is -0.463 e. The van der Waals surface area contributed by atoms with Gasteiger partial charge in [0.1, 0.15) is 0 Å². The molecule has 6 nitrogen and oxygen atoms in total. The van der Waals surface area contributed by atoms with Crippen molar-refractivity contribution in [2.24, 2.45) is 0 Å². The molecule has 144 valence electrons. The van der Waals surface area contributed by atoms with Crippen LogP contribution < -0.4 is 10.2 Å². The highest BCUT2D eigenvalue weighted by Crippen LogP contribution is 2.39. The van der Waals surface area contributed by atoms with Crippen LogP contribution in [0.15, 0.2) is 59.8 Å². The van der Waals surface area contributed by atoms with E-state index in [1.165, 1.54) is 0 Å². The summed E-state index contributed by atoms with van der Waals surface area (Å²) in [5, 5.41) is 3.29. The maximum atomic E-state index is 12.9. The van der Waals surface area contributed by atoms with Gasteiger partial charge in [-0.1, -0.05) is 24.3 Å². The molecule has 1 N–H and O–H groups in total. The third kappa shape index (κ3) is 2.91. The molecule has 0 saturated heterocycles. The van der Waals surface area contributed by atoms with Gasteiger partial charge in [0.2, 0.25) is 5.95 Å². The normalized spacial score (nSPS) is 15.9. The Labute approximate surface area is 164 Å². The van der Waals surface area contributed by atoms with Crippen LogP contribution in [0.5, 0.6) is 0 Å². The molecule has 0 amide bonds. The number of aromatic nitrogens is 2. The maximum absolute atomic E-state index is 12.9. The van der Waals surface area contributed by atoms with Gasteiger partial charge < -0.3 is 15.0 Å². The standard InChI is InChI=1S/C22H24N4O2/c1-5-28-21(27)19-14(2)23-22-24-17-8-6-7-9-18(17)26(22)20(19)15-10-12-16(13-11-15)25(3)4/h6-13,20H,5H2,1-4H3,(H,23,24)/t20-/m1/s1. The maximum Gasteiger partial charge on any atom is 0.338 e. The number of fused-ring (bicyclic) bond motifs is 3. The van der Waals surface area contributed by atoms with Crippen LogP contribution in [0.25, 0.3) is 11.0 Å². The predicted molar refractivity (Wildman–Crippen MR) is 112 cm³/mol. The van der Waals surface area contributed by atoms with Crippen LogP contribution in [0, 0.1) is 0 Å². The zero-order chi connectivity index (χ0) is 19.8.